The van der Waals surface area contributed by atoms with Crippen LogP contribution in [0.25, 0.3) is 0 Å². The number of piperidine rings is 1. The van der Waals surface area contributed by atoms with E-state index in [0.29, 0.717) is 18.9 Å². The van der Waals surface area contributed by atoms with Gasteiger partial charge in [-0.15, -0.1) is 0 Å². The third-order valence-electron chi connectivity index (χ3n) is 5.46. The molecule has 0 spiro atoms. The van der Waals surface area contributed by atoms with Gasteiger partial charge in [0.15, 0.2) is 0 Å². The Balaban J connectivity index is 1.42. The van der Waals surface area contributed by atoms with Crippen LogP contribution in [0.15, 0.2) is 42.6 Å². The Bertz CT molecular complexity index is 782. The lowest BCUT2D eigenvalue weighted by atomic mass is 9.93. The largest absolute Gasteiger partial charge is 0.497 e. The molecule has 1 fully saturated rings. The minimum absolute atomic E-state index is 0.0877. The summed E-state index contributed by atoms with van der Waals surface area (Å²) >= 11 is 0. The molecule has 2 aromatic rings. The molecular formula is C23H31N3O3. The van der Waals surface area contributed by atoms with Crippen molar-refractivity contribution in [2.24, 2.45) is 5.92 Å². The van der Waals surface area contributed by atoms with E-state index < -0.39 is 0 Å². The number of amides is 1. The highest BCUT2D eigenvalue weighted by atomic mass is 16.5. The van der Waals surface area contributed by atoms with Gasteiger partial charge in [0.05, 0.1) is 19.9 Å². The SMILES string of the molecule is COc1ccc(CNC(=O)CC[C@H]2CCCN(Cc3ccccn3)C2)c(OC)c1. The third-order valence-corrected chi connectivity index (χ3v) is 5.46. The normalized spacial score (nSPS) is 17.0. The number of carbonyl (C=O) groups is 1. The van der Waals surface area contributed by atoms with Crippen LogP contribution in [0.3, 0.4) is 0 Å². The molecule has 0 bridgehead atoms. The fraction of sp³-hybridized carbons (Fsp3) is 0.478. The molecule has 29 heavy (non-hydrogen) atoms. The smallest absolute Gasteiger partial charge is 0.220 e. The number of hydrogen-bond acceptors (Lipinski definition) is 5. The minimum Gasteiger partial charge on any atom is -0.497 e. The Labute approximate surface area is 173 Å². The van der Waals surface area contributed by atoms with E-state index in [1.807, 2.05) is 36.5 Å². The van der Waals surface area contributed by atoms with Crippen LogP contribution in [-0.4, -0.2) is 43.1 Å². The second-order valence-corrected chi connectivity index (χ2v) is 7.56. The quantitative estimate of drug-likeness (QED) is 0.703. The highest BCUT2D eigenvalue weighted by Crippen LogP contribution is 2.25. The van der Waals surface area contributed by atoms with Crippen molar-refractivity contribution in [1.29, 1.82) is 0 Å². The van der Waals surface area contributed by atoms with E-state index in [1.165, 1.54) is 12.8 Å². The van der Waals surface area contributed by atoms with Gasteiger partial charge in [-0.05, 0) is 56.0 Å². The van der Waals surface area contributed by atoms with Gasteiger partial charge in [-0.2, -0.15) is 0 Å². The van der Waals surface area contributed by atoms with Crippen LogP contribution in [0.2, 0.25) is 0 Å². The third kappa shape index (κ3) is 6.46. The summed E-state index contributed by atoms with van der Waals surface area (Å²) in [6.07, 6.45) is 5.70. The van der Waals surface area contributed by atoms with Gasteiger partial charge in [-0.3, -0.25) is 14.7 Å². The van der Waals surface area contributed by atoms with Gasteiger partial charge in [0.2, 0.25) is 5.91 Å². The molecule has 6 heteroatoms. The fourth-order valence-corrected chi connectivity index (χ4v) is 3.87. The van der Waals surface area contributed by atoms with E-state index >= 15 is 0 Å². The zero-order valence-electron chi connectivity index (χ0n) is 17.4. The van der Waals surface area contributed by atoms with E-state index in [9.17, 15) is 4.79 Å². The van der Waals surface area contributed by atoms with Crippen molar-refractivity contribution in [3.63, 3.8) is 0 Å². The molecule has 1 aromatic carbocycles. The van der Waals surface area contributed by atoms with Crippen molar-refractivity contribution in [2.75, 3.05) is 27.3 Å². The number of nitrogens with one attached hydrogen (secondary N) is 1. The Morgan fingerprint density at radius 2 is 2.14 bits per heavy atom. The first-order valence-electron chi connectivity index (χ1n) is 10.3. The number of ether oxygens (including phenoxy) is 2. The number of rotatable bonds is 9. The first kappa shape index (κ1) is 21.1. The maximum atomic E-state index is 12.4. The standard InChI is InChI=1S/C23H31N3O3/c1-28-21-10-9-19(22(14-21)29-2)15-25-23(27)11-8-18-6-5-13-26(16-18)17-20-7-3-4-12-24-20/h3-4,7,9-10,12,14,18H,5-6,8,11,13,15-17H2,1-2H3,(H,25,27)/t18-/m1/s1. The first-order valence-corrected chi connectivity index (χ1v) is 10.3. The molecule has 3 rings (SSSR count). The van der Waals surface area contributed by atoms with Crippen molar-refractivity contribution in [3.05, 3.63) is 53.9 Å². The van der Waals surface area contributed by atoms with Crippen LogP contribution in [0.4, 0.5) is 0 Å². The molecule has 1 atom stereocenters. The number of benzene rings is 1. The summed E-state index contributed by atoms with van der Waals surface area (Å²) in [5, 5.41) is 3.02. The molecule has 0 radical (unpaired) electrons. The molecule has 156 valence electrons. The Hall–Kier alpha value is -2.60. The summed E-state index contributed by atoms with van der Waals surface area (Å²) in [4.78, 5) is 19.2. The number of methoxy groups -OCH3 is 2. The molecule has 0 aliphatic carbocycles. The highest BCUT2D eigenvalue weighted by molar-refractivity contribution is 5.75. The number of nitrogens with zero attached hydrogens (tertiary/aromatic N) is 2. The Morgan fingerprint density at radius 3 is 2.90 bits per heavy atom. The van der Waals surface area contributed by atoms with Crippen molar-refractivity contribution in [1.82, 2.24) is 15.2 Å². The molecule has 2 heterocycles. The number of likely N-dealkylation sites (tertiary alicyclic amines) is 1. The topological polar surface area (TPSA) is 63.7 Å². The van der Waals surface area contributed by atoms with Crippen LogP contribution in [-0.2, 0) is 17.9 Å². The zero-order valence-corrected chi connectivity index (χ0v) is 17.4. The predicted octanol–water partition coefficient (Wildman–Crippen LogP) is 3.41. The van der Waals surface area contributed by atoms with Crippen LogP contribution < -0.4 is 14.8 Å². The summed E-state index contributed by atoms with van der Waals surface area (Å²) < 4.78 is 10.6. The lowest BCUT2D eigenvalue weighted by Gasteiger charge is -2.32. The molecular weight excluding hydrogens is 366 g/mol. The summed E-state index contributed by atoms with van der Waals surface area (Å²) in [6, 6.07) is 11.7. The molecule has 1 N–H and O–H groups in total. The molecule has 1 saturated heterocycles. The molecule has 1 aliphatic heterocycles. The predicted molar refractivity (Wildman–Crippen MR) is 113 cm³/mol. The second-order valence-electron chi connectivity index (χ2n) is 7.56. The average molecular weight is 398 g/mol. The van der Waals surface area contributed by atoms with E-state index in [0.717, 1.165) is 48.8 Å². The Morgan fingerprint density at radius 1 is 1.24 bits per heavy atom. The van der Waals surface area contributed by atoms with E-state index in [4.69, 9.17) is 9.47 Å². The van der Waals surface area contributed by atoms with Crippen molar-refractivity contribution >= 4 is 5.91 Å². The molecule has 1 aliphatic rings. The van der Waals surface area contributed by atoms with E-state index in [1.54, 1.807) is 14.2 Å². The minimum atomic E-state index is 0.0877. The Kier molecular flexibility index (Phi) is 7.87. The molecule has 0 saturated carbocycles. The van der Waals surface area contributed by atoms with Gasteiger partial charge in [0.25, 0.3) is 0 Å². The number of aromatic nitrogens is 1. The summed E-state index contributed by atoms with van der Waals surface area (Å²) in [5.41, 5.74) is 2.06. The number of pyridine rings is 1. The van der Waals surface area contributed by atoms with Crippen molar-refractivity contribution in [2.45, 2.75) is 38.8 Å². The average Bonchev–Trinajstić information content (AvgIpc) is 2.77. The maximum absolute atomic E-state index is 12.4. The lowest BCUT2D eigenvalue weighted by molar-refractivity contribution is -0.121. The van der Waals surface area contributed by atoms with Gasteiger partial charge in [0.1, 0.15) is 11.5 Å². The first-order chi connectivity index (χ1) is 14.2. The van der Waals surface area contributed by atoms with Gasteiger partial charge >= 0.3 is 0 Å². The van der Waals surface area contributed by atoms with Crippen LogP contribution in [0, 0.1) is 5.92 Å². The summed E-state index contributed by atoms with van der Waals surface area (Å²) in [5.74, 6) is 2.12. The molecule has 1 amide bonds. The maximum Gasteiger partial charge on any atom is 0.220 e. The van der Waals surface area contributed by atoms with Crippen molar-refractivity contribution < 1.29 is 14.3 Å². The van der Waals surface area contributed by atoms with Gasteiger partial charge in [0, 0.05) is 43.9 Å². The molecule has 1 aromatic heterocycles. The number of carbonyl (C=O) groups excluding carboxylic acids is 1. The fourth-order valence-electron chi connectivity index (χ4n) is 3.87. The zero-order chi connectivity index (χ0) is 20.5. The molecule has 0 unspecified atom stereocenters. The monoisotopic (exact) mass is 397 g/mol. The number of hydrogen-bond donors (Lipinski definition) is 1. The van der Waals surface area contributed by atoms with E-state index in [-0.39, 0.29) is 5.91 Å². The van der Waals surface area contributed by atoms with Gasteiger partial charge in [-0.25, -0.2) is 0 Å². The van der Waals surface area contributed by atoms with Crippen LogP contribution >= 0.6 is 0 Å². The van der Waals surface area contributed by atoms with Gasteiger partial charge < -0.3 is 14.8 Å². The van der Waals surface area contributed by atoms with Crippen molar-refractivity contribution in [3.8, 4) is 11.5 Å². The lowest BCUT2D eigenvalue weighted by Crippen LogP contribution is -2.35. The summed E-state index contributed by atoms with van der Waals surface area (Å²) in [6.45, 7) is 3.50. The van der Waals surface area contributed by atoms with Gasteiger partial charge in [-0.1, -0.05) is 6.07 Å². The summed E-state index contributed by atoms with van der Waals surface area (Å²) in [7, 11) is 3.25. The second kappa shape index (κ2) is 10.8. The van der Waals surface area contributed by atoms with Crippen LogP contribution in [0.1, 0.15) is 36.9 Å². The molecule has 6 nitrogen and oxygen atoms in total. The van der Waals surface area contributed by atoms with Crippen LogP contribution in [0.5, 0.6) is 11.5 Å². The highest BCUT2D eigenvalue weighted by Gasteiger charge is 2.21. The van der Waals surface area contributed by atoms with E-state index in [2.05, 4.69) is 21.3 Å².